The second-order valence-corrected chi connectivity index (χ2v) is 21.3. The van der Waals surface area contributed by atoms with Gasteiger partial charge in [0.25, 0.3) is 5.91 Å². The van der Waals surface area contributed by atoms with Crippen molar-refractivity contribution in [3.8, 4) is 11.3 Å². The third-order valence-corrected chi connectivity index (χ3v) is 16.0. The van der Waals surface area contributed by atoms with E-state index in [1.807, 2.05) is 4.90 Å². The molecule has 80 heavy (non-hydrogen) atoms. The van der Waals surface area contributed by atoms with Crippen molar-refractivity contribution < 1.29 is 78.1 Å². The SMILES string of the molecule is NC[C@@H]1O[C@H](O[C@H]2[C@@H](O)[C@H](O[C@@H]3[C@@H](O)[C@H](N)C[C@H](N)[C@H]3O[C@H]3O[C@H](CN)[C@@H](O)[C@H](O)[C@H]3N)O[C@@H]2C(=O)Nc2ccc(-c3cn(CCN4CCN(c5cc6c(cc5F)c(=O)c(C(=O)O)cn6C5CC5)CC4)nn3)cc2)[C@H](N)[C@@H](O)[C@@H]1O. The predicted octanol–water partition coefficient (Wildman–Crippen LogP) is -5.68. The van der Waals surface area contributed by atoms with Gasteiger partial charge in [-0.05, 0) is 43.5 Å². The number of nitrogens with two attached hydrogens (primary N) is 6. The lowest BCUT2D eigenvalue weighted by Crippen LogP contribution is -2.68. The summed E-state index contributed by atoms with van der Waals surface area (Å²) in [6.45, 7) is 2.84. The van der Waals surface area contributed by atoms with Crippen LogP contribution >= 0.6 is 0 Å². The molecule has 19 atom stereocenters. The molecule has 2 aromatic heterocycles. The molecule has 10 rings (SSSR count). The second kappa shape index (κ2) is 23.9. The number of anilines is 2. The summed E-state index contributed by atoms with van der Waals surface area (Å²) in [5, 5.41) is 86.8. The van der Waals surface area contributed by atoms with Gasteiger partial charge in [-0.15, -0.1) is 5.10 Å². The number of pyridine rings is 1. The molecule has 6 aliphatic rings. The Labute approximate surface area is 455 Å². The molecule has 2 aliphatic carbocycles. The van der Waals surface area contributed by atoms with Gasteiger partial charge in [0.1, 0.15) is 78.1 Å². The van der Waals surface area contributed by atoms with Gasteiger partial charge in [-0.1, -0.05) is 17.3 Å². The molecular weight excluding hydrogens is 1060 g/mol. The Kier molecular flexibility index (Phi) is 17.3. The first-order chi connectivity index (χ1) is 38.2. The molecule has 29 nitrogen and oxygen atoms in total. The number of hydrogen-bond donors (Lipinski definition) is 14. The standard InChI is InChI=1S/C50H70FN13O16/c51-25-13-23-29(64(22-5-6-22)18-24(35(23)65)47(73)74)15-30(25)62-10-7-61(8-11-62)9-12-63-19-28(59-60-63)20-1-3-21(4-2-20)58-46(72)45-44(78-49-34(57)40(70)38(68)32(17-53)76-49)41(71)50(80-45)79-43-36(66)26(54)14-27(55)42(43)77-48-33(56)39(69)37(67)31(16-52)75-48/h1-4,13,15,18-19,22,26-27,31-34,36-45,48-50,66-71H,5-12,14,16-17,52-57H2,(H,58,72)(H,73,74)/t26-,27+,31-,32+,33-,34-,36+,37-,38-,39-,40-,41-,42-,43-,44+,45+,48-,49-,50-/m1/s1. The fourth-order valence-corrected chi connectivity index (χ4v) is 11.1. The Morgan fingerprint density at radius 3 is 1.94 bits per heavy atom. The van der Waals surface area contributed by atoms with Gasteiger partial charge in [-0.3, -0.25) is 19.2 Å². The smallest absolute Gasteiger partial charge is 0.341 e. The van der Waals surface area contributed by atoms with E-state index in [1.54, 1.807) is 45.8 Å². The van der Waals surface area contributed by atoms with Crippen LogP contribution in [0.25, 0.3) is 22.2 Å². The van der Waals surface area contributed by atoms with Crippen molar-refractivity contribution in [3.05, 3.63) is 70.4 Å². The molecular formula is C50H70FN13O16. The number of nitrogens with zero attached hydrogens (tertiary/aromatic N) is 6. The van der Waals surface area contributed by atoms with Crippen LogP contribution in [0.4, 0.5) is 15.8 Å². The Morgan fingerprint density at radius 2 is 1.34 bits per heavy atom. The number of benzene rings is 2. The topological polar surface area (TPSA) is 458 Å². The van der Waals surface area contributed by atoms with E-state index in [2.05, 4.69) is 20.5 Å². The molecule has 0 spiro atoms. The number of carboxylic acid groups (broad SMARTS) is 1. The van der Waals surface area contributed by atoms with E-state index in [0.29, 0.717) is 61.7 Å². The zero-order valence-electron chi connectivity index (χ0n) is 43.3. The number of nitrogens with one attached hydrogen (secondary N) is 1. The highest BCUT2D eigenvalue weighted by Gasteiger charge is 2.56. The van der Waals surface area contributed by atoms with Gasteiger partial charge in [-0.25, -0.2) is 9.18 Å². The van der Waals surface area contributed by atoms with Crippen molar-refractivity contribution >= 4 is 34.2 Å². The average Bonchev–Trinajstić information content (AvgIpc) is 4.16. The maximum atomic E-state index is 15.6. The number of piperazine rings is 1. The van der Waals surface area contributed by atoms with Crippen molar-refractivity contribution in [1.82, 2.24) is 24.5 Å². The Morgan fingerprint density at radius 1 is 0.725 bits per heavy atom. The van der Waals surface area contributed by atoms with Crippen molar-refractivity contribution in [3.63, 3.8) is 0 Å². The molecule has 438 valence electrons. The number of fused-ring (bicyclic) bond motifs is 1. The van der Waals surface area contributed by atoms with Gasteiger partial charge < -0.3 is 113 Å². The number of ether oxygens (including phenoxy) is 6. The van der Waals surface area contributed by atoms with E-state index in [0.717, 1.165) is 18.9 Å². The monoisotopic (exact) mass is 1130 g/mol. The fraction of sp³-hybridized carbons (Fsp3) is 0.620. The number of carbonyl (C=O) groups is 2. The number of halogens is 1. The minimum absolute atomic E-state index is 0.00325. The lowest BCUT2D eigenvalue weighted by atomic mass is 9.84. The van der Waals surface area contributed by atoms with Gasteiger partial charge in [-0.2, -0.15) is 0 Å². The van der Waals surface area contributed by atoms with Gasteiger partial charge in [0, 0.05) is 86.8 Å². The number of carboxylic acids is 1. The zero-order chi connectivity index (χ0) is 57.0. The highest BCUT2D eigenvalue weighted by atomic mass is 19.1. The Hall–Kier alpha value is -5.30. The van der Waals surface area contributed by atoms with E-state index < -0.39 is 139 Å². The Bertz CT molecular complexity index is 2900. The molecule has 2 saturated carbocycles. The number of carbonyl (C=O) groups excluding carboxylic acids is 1. The maximum absolute atomic E-state index is 15.6. The largest absolute Gasteiger partial charge is 0.477 e. The number of rotatable bonds is 17. The van der Waals surface area contributed by atoms with Crippen LogP contribution in [0.1, 0.15) is 35.7 Å². The number of hydrogen-bond acceptors (Lipinski definition) is 25. The quantitative estimate of drug-likeness (QED) is 0.0469. The number of aliphatic hydroxyl groups excluding tert-OH is 6. The number of aromatic carboxylic acids is 1. The van der Waals surface area contributed by atoms with Crippen LogP contribution in [0.3, 0.4) is 0 Å². The van der Waals surface area contributed by atoms with Crippen LogP contribution in [-0.4, -0.2) is 234 Å². The summed E-state index contributed by atoms with van der Waals surface area (Å²) >= 11 is 0. The van der Waals surface area contributed by atoms with Gasteiger partial charge in [0.2, 0.25) is 5.43 Å². The van der Waals surface area contributed by atoms with Crippen LogP contribution < -0.4 is 50.0 Å². The van der Waals surface area contributed by atoms with Crippen molar-refractivity contribution in [2.75, 3.05) is 56.0 Å². The molecule has 20 N–H and O–H groups in total. The molecule has 0 unspecified atom stereocenters. The molecule has 1 amide bonds. The average molecular weight is 1130 g/mol. The summed E-state index contributed by atoms with van der Waals surface area (Å²) in [7, 11) is 0. The lowest BCUT2D eigenvalue weighted by Gasteiger charge is -2.47. The van der Waals surface area contributed by atoms with E-state index >= 15 is 4.39 Å². The van der Waals surface area contributed by atoms with Gasteiger partial charge >= 0.3 is 5.97 Å². The molecule has 0 radical (unpaired) electrons. The minimum atomic E-state index is -1.86. The number of amides is 1. The third kappa shape index (κ3) is 11.6. The van der Waals surface area contributed by atoms with E-state index in [4.69, 9.17) is 62.8 Å². The molecule has 6 heterocycles. The molecule has 4 aromatic rings. The number of aromatic nitrogens is 4. The Balaban J connectivity index is 0.787. The van der Waals surface area contributed by atoms with Crippen molar-refractivity contribution in [1.29, 1.82) is 0 Å². The third-order valence-electron chi connectivity index (χ3n) is 16.0. The fourth-order valence-electron chi connectivity index (χ4n) is 11.1. The number of aliphatic hydroxyl groups is 6. The minimum Gasteiger partial charge on any atom is -0.477 e. The van der Waals surface area contributed by atoms with E-state index in [-0.39, 0.29) is 42.2 Å². The first-order valence-corrected chi connectivity index (χ1v) is 26.6. The molecule has 2 aromatic carbocycles. The summed E-state index contributed by atoms with van der Waals surface area (Å²) in [5.41, 5.74) is 37.9. The molecule has 4 aliphatic heterocycles. The first kappa shape index (κ1) is 57.9. The van der Waals surface area contributed by atoms with Crippen LogP contribution in [0, 0.1) is 5.82 Å². The molecule has 30 heteroatoms. The summed E-state index contributed by atoms with van der Waals surface area (Å²) in [6, 6.07) is 4.74. The highest BCUT2D eigenvalue weighted by molar-refractivity contribution is 5.95. The molecule has 6 fully saturated rings. The van der Waals surface area contributed by atoms with Gasteiger partial charge in [0.15, 0.2) is 25.0 Å². The van der Waals surface area contributed by atoms with Crippen molar-refractivity contribution in [2.24, 2.45) is 34.4 Å². The van der Waals surface area contributed by atoms with E-state index in [1.165, 1.54) is 6.20 Å². The summed E-state index contributed by atoms with van der Waals surface area (Å²) in [4.78, 5) is 43.2. The predicted molar refractivity (Wildman–Crippen MR) is 277 cm³/mol. The van der Waals surface area contributed by atoms with Crippen LogP contribution in [0.5, 0.6) is 0 Å². The van der Waals surface area contributed by atoms with Crippen LogP contribution in [0.15, 0.2) is 53.6 Å². The summed E-state index contributed by atoms with van der Waals surface area (Å²) in [5.74, 6) is -2.80. The van der Waals surface area contributed by atoms with Gasteiger partial charge in [0.05, 0.1) is 42.1 Å². The molecule has 0 bridgehead atoms. The molecule has 4 saturated heterocycles. The highest BCUT2D eigenvalue weighted by Crippen LogP contribution is 2.39. The normalized spacial score (nSPS) is 36.1. The van der Waals surface area contributed by atoms with Crippen molar-refractivity contribution in [2.45, 2.75) is 148 Å². The van der Waals surface area contributed by atoms with Crippen LogP contribution in [0.2, 0.25) is 0 Å². The first-order valence-electron chi connectivity index (χ1n) is 26.6. The lowest BCUT2D eigenvalue weighted by molar-refractivity contribution is -0.306. The summed E-state index contributed by atoms with van der Waals surface area (Å²) in [6.07, 6.45) is -17.8. The van der Waals surface area contributed by atoms with E-state index in [9.17, 15) is 50.1 Å². The van der Waals surface area contributed by atoms with Crippen LogP contribution in [-0.2, 0) is 39.8 Å². The summed E-state index contributed by atoms with van der Waals surface area (Å²) < 4.78 is 55.2. The second-order valence-electron chi connectivity index (χ2n) is 21.3. The maximum Gasteiger partial charge on any atom is 0.341 e. The zero-order valence-corrected chi connectivity index (χ0v) is 43.3.